The van der Waals surface area contributed by atoms with Crippen LogP contribution in [0, 0.1) is 6.92 Å². The van der Waals surface area contributed by atoms with Crippen molar-refractivity contribution in [3.63, 3.8) is 0 Å². The summed E-state index contributed by atoms with van der Waals surface area (Å²) in [6, 6.07) is 9.28. The molecule has 2 heterocycles. The zero-order chi connectivity index (χ0) is 19.5. The quantitative estimate of drug-likeness (QED) is 0.423. The van der Waals surface area contributed by atoms with E-state index in [1.165, 1.54) is 28.2 Å². The largest absolute Gasteiger partial charge is 0.416 e. The van der Waals surface area contributed by atoms with Gasteiger partial charge in [-0.25, -0.2) is 4.79 Å². The highest BCUT2D eigenvalue weighted by Crippen LogP contribution is 2.35. The van der Waals surface area contributed by atoms with Gasteiger partial charge in [0.15, 0.2) is 0 Å². The zero-order valence-electron chi connectivity index (χ0n) is 14.3. The van der Waals surface area contributed by atoms with Crippen molar-refractivity contribution in [2.24, 2.45) is 7.05 Å². The first-order valence-electron chi connectivity index (χ1n) is 8.03. The minimum Gasteiger partial charge on any atom is -0.293 e. The number of imidazole rings is 1. The molecule has 0 fully saturated rings. The van der Waals surface area contributed by atoms with Crippen molar-refractivity contribution in [3.8, 4) is 5.69 Å². The van der Waals surface area contributed by atoms with Gasteiger partial charge in [-0.2, -0.15) is 13.2 Å². The number of hydrogen-bond acceptors (Lipinski definition) is 2. The van der Waals surface area contributed by atoms with Crippen molar-refractivity contribution < 1.29 is 13.2 Å². The van der Waals surface area contributed by atoms with Crippen LogP contribution in [-0.2, 0) is 13.2 Å². The van der Waals surface area contributed by atoms with Gasteiger partial charge in [-0.05, 0) is 42.8 Å². The summed E-state index contributed by atoms with van der Waals surface area (Å²) in [5, 5.41) is 0.677. The van der Waals surface area contributed by atoms with Gasteiger partial charge in [0.1, 0.15) is 0 Å². The van der Waals surface area contributed by atoms with Gasteiger partial charge in [0.05, 0.1) is 34.0 Å². The highest BCUT2D eigenvalue weighted by Gasteiger charge is 2.33. The maximum Gasteiger partial charge on any atom is 0.416 e. The van der Waals surface area contributed by atoms with Crippen LogP contribution >= 0.6 is 15.9 Å². The molecule has 0 N–H and O–H groups in total. The summed E-state index contributed by atoms with van der Waals surface area (Å²) in [6.07, 6.45) is -2.94. The molecule has 0 radical (unpaired) electrons. The second-order valence-corrected chi connectivity index (χ2v) is 7.19. The van der Waals surface area contributed by atoms with E-state index in [1.807, 2.05) is 12.1 Å². The Morgan fingerprint density at radius 1 is 1.15 bits per heavy atom. The predicted molar refractivity (Wildman–Crippen MR) is 101 cm³/mol. The normalized spacial score (nSPS) is 12.2. The highest BCUT2D eigenvalue weighted by molar-refractivity contribution is 9.10. The summed E-state index contributed by atoms with van der Waals surface area (Å²) in [6.45, 7) is 1.38. The fraction of sp³-hybridized carbons (Fsp3) is 0.158. The second kappa shape index (κ2) is 5.95. The number of rotatable bonds is 1. The SMILES string of the molecule is Cc1c(-n2c(=O)n(C)c3cnc4ccc(Br)cc4c32)cccc1C(F)(F)F. The third-order valence-corrected chi connectivity index (χ3v) is 5.19. The lowest BCUT2D eigenvalue weighted by molar-refractivity contribution is -0.138. The molecule has 0 aliphatic heterocycles. The Labute approximate surface area is 160 Å². The van der Waals surface area contributed by atoms with E-state index in [0.717, 1.165) is 10.5 Å². The molecule has 0 bridgehead atoms. The van der Waals surface area contributed by atoms with Crippen molar-refractivity contribution in [2.45, 2.75) is 13.1 Å². The maximum atomic E-state index is 13.4. The van der Waals surface area contributed by atoms with E-state index in [4.69, 9.17) is 0 Å². The van der Waals surface area contributed by atoms with E-state index in [9.17, 15) is 18.0 Å². The van der Waals surface area contributed by atoms with Crippen LogP contribution in [-0.4, -0.2) is 14.1 Å². The van der Waals surface area contributed by atoms with Gasteiger partial charge in [0.2, 0.25) is 0 Å². The third kappa shape index (κ3) is 2.66. The fourth-order valence-electron chi connectivity index (χ4n) is 3.37. The number of hydrogen-bond donors (Lipinski definition) is 0. The average molecular weight is 436 g/mol. The van der Waals surface area contributed by atoms with Crippen LogP contribution in [0.4, 0.5) is 13.2 Å². The van der Waals surface area contributed by atoms with E-state index < -0.39 is 17.4 Å². The van der Waals surface area contributed by atoms with Crippen molar-refractivity contribution in [1.82, 2.24) is 14.1 Å². The molecule has 0 spiro atoms. The van der Waals surface area contributed by atoms with Crippen LogP contribution < -0.4 is 5.69 Å². The fourth-order valence-corrected chi connectivity index (χ4v) is 3.73. The van der Waals surface area contributed by atoms with Gasteiger partial charge in [0, 0.05) is 16.9 Å². The van der Waals surface area contributed by atoms with Crippen LogP contribution in [0.3, 0.4) is 0 Å². The lowest BCUT2D eigenvalue weighted by Crippen LogP contribution is -2.22. The van der Waals surface area contributed by atoms with E-state index >= 15 is 0 Å². The molecule has 0 unspecified atom stereocenters. The molecule has 0 amide bonds. The summed E-state index contributed by atoms with van der Waals surface area (Å²) in [5.74, 6) is 0. The first-order chi connectivity index (χ1) is 12.7. The Bertz CT molecular complexity index is 1270. The van der Waals surface area contributed by atoms with E-state index in [-0.39, 0.29) is 11.3 Å². The Morgan fingerprint density at radius 2 is 1.89 bits per heavy atom. The minimum atomic E-state index is -4.50. The molecule has 4 rings (SSSR count). The first kappa shape index (κ1) is 17.8. The monoisotopic (exact) mass is 435 g/mol. The molecule has 0 saturated heterocycles. The summed E-state index contributed by atoms with van der Waals surface area (Å²) in [4.78, 5) is 17.3. The summed E-state index contributed by atoms with van der Waals surface area (Å²) < 4.78 is 43.6. The lowest BCUT2D eigenvalue weighted by Gasteiger charge is -2.15. The molecule has 8 heteroatoms. The summed E-state index contributed by atoms with van der Waals surface area (Å²) >= 11 is 3.41. The van der Waals surface area contributed by atoms with Crippen LogP contribution in [0.5, 0.6) is 0 Å². The number of nitrogens with zero attached hydrogens (tertiary/aromatic N) is 3. The summed E-state index contributed by atoms with van der Waals surface area (Å²) in [5.41, 5.74) is 0.728. The van der Waals surface area contributed by atoms with Gasteiger partial charge in [-0.3, -0.25) is 14.1 Å². The Morgan fingerprint density at radius 3 is 2.59 bits per heavy atom. The van der Waals surface area contributed by atoms with Gasteiger partial charge in [-0.1, -0.05) is 22.0 Å². The molecule has 4 aromatic rings. The van der Waals surface area contributed by atoms with E-state index in [0.29, 0.717) is 21.9 Å². The van der Waals surface area contributed by atoms with Crippen LogP contribution in [0.25, 0.3) is 27.6 Å². The standard InChI is InChI=1S/C19H13BrF3N3O/c1-10-13(19(21,22)23)4-3-5-15(10)26-17-12-8-11(20)6-7-14(12)24-9-16(17)25(2)18(26)27/h3-9H,1-2H3. The molecule has 138 valence electrons. The van der Waals surface area contributed by atoms with Crippen LogP contribution in [0.15, 0.2) is 51.9 Å². The lowest BCUT2D eigenvalue weighted by atomic mass is 10.1. The van der Waals surface area contributed by atoms with Gasteiger partial charge >= 0.3 is 11.9 Å². The Hall–Kier alpha value is -2.61. The van der Waals surface area contributed by atoms with E-state index in [1.54, 1.807) is 19.3 Å². The van der Waals surface area contributed by atoms with Crippen molar-refractivity contribution >= 4 is 37.9 Å². The van der Waals surface area contributed by atoms with Crippen LogP contribution in [0.2, 0.25) is 0 Å². The third-order valence-electron chi connectivity index (χ3n) is 4.70. The number of halogens is 4. The zero-order valence-corrected chi connectivity index (χ0v) is 15.9. The van der Waals surface area contributed by atoms with Crippen molar-refractivity contribution in [3.05, 3.63) is 68.7 Å². The first-order valence-corrected chi connectivity index (χ1v) is 8.82. The second-order valence-electron chi connectivity index (χ2n) is 6.28. The van der Waals surface area contributed by atoms with Crippen molar-refractivity contribution in [2.75, 3.05) is 0 Å². The predicted octanol–water partition coefficient (Wildman–Crippen LogP) is 4.97. The average Bonchev–Trinajstić information content (AvgIpc) is 2.86. The number of benzene rings is 2. The van der Waals surface area contributed by atoms with Gasteiger partial charge in [-0.15, -0.1) is 0 Å². The number of aryl methyl sites for hydroxylation is 1. The number of aromatic nitrogens is 3. The van der Waals surface area contributed by atoms with Crippen molar-refractivity contribution in [1.29, 1.82) is 0 Å². The molecule has 0 atom stereocenters. The van der Waals surface area contributed by atoms with E-state index in [2.05, 4.69) is 20.9 Å². The topological polar surface area (TPSA) is 39.8 Å². The highest BCUT2D eigenvalue weighted by atomic mass is 79.9. The van der Waals surface area contributed by atoms with Gasteiger partial charge in [0.25, 0.3) is 0 Å². The molecule has 0 aliphatic rings. The molecule has 2 aromatic heterocycles. The number of alkyl halides is 3. The molecule has 27 heavy (non-hydrogen) atoms. The number of fused-ring (bicyclic) bond motifs is 3. The molecular formula is C19H13BrF3N3O. The minimum absolute atomic E-state index is 0.000408. The summed E-state index contributed by atoms with van der Waals surface area (Å²) in [7, 11) is 1.58. The molecular weight excluding hydrogens is 423 g/mol. The molecule has 2 aromatic carbocycles. The van der Waals surface area contributed by atoms with Gasteiger partial charge < -0.3 is 0 Å². The molecule has 4 nitrogen and oxygen atoms in total. The maximum absolute atomic E-state index is 13.4. The Kier molecular flexibility index (Phi) is 3.92. The van der Waals surface area contributed by atoms with Crippen LogP contribution in [0.1, 0.15) is 11.1 Å². The molecule has 0 aliphatic carbocycles. The number of pyridine rings is 1. The smallest absolute Gasteiger partial charge is 0.293 e. The molecule has 0 saturated carbocycles. The Balaban J connectivity index is 2.20.